The van der Waals surface area contributed by atoms with Gasteiger partial charge >= 0.3 is 0 Å². The quantitative estimate of drug-likeness (QED) is 0.818. The van der Waals surface area contributed by atoms with E-state index < -0.39 is 0 Å². The van der Waals surface area contributed by atoms with Gasteiger partial charge in [0, 0.05) is 12.2 Å². The second kappa shape index (κ2) is 7.19. The number of rotatable bonds is 6. The molecular weight excluding hydrogens is 298 g/mol. The highest BCUT2D eigenvalue weighted by Crippen LogP contribution is 2.24. The van der Waals surface area contributed by atoms with E-state index in [1.165, 1.54) is 24.8 Å². The molecule has 0 aliphatic carbocycles. The average Bonchev–Trinajstić information content (AvgIpc) is 3.11. The molecule has 1 fully saturated rings. The molecule has 1 atom stereocenters. The van der Waals surface area contributed by atoms with Crippen molar-refractivity contribution in [3.63, 3.8) is 0 Å². The highest BCUT2D eigenvalue weighted by atomic mass is 32.1. The SMILES string of the molecule is CCOc1nnc(CN2CCCC[C@H]2Cn2cc(C)cn2)s1. The van der Waals surface area contributed by atoms with Gasteiger partial charge in [0.2, 0.25) is 0 Å². The average molecular weight is 321 g/mol. The number of ether oxygens (including phenoxy) is 1. The highest BCUT2D eigenvalue weighted by molar-refractivity contribution is 7.13. The number of aryl methyl sites for hydroxylation is 1. The summed E-state index contributed by atoms with van der Waals surface area (Å²) in [6.07, 6.45) is 7.81. The van der Waals surface area contributed by atoms with Gasteiger partial charge < -0.3 is 4.74 Å². The maximum atomic E-state index is 5.41. The van der Waals surface area contributed by atoms with Crippen molar-refractivity contribution >= 4 is 11.3 Å². The molecule has 1 saturated heterocycles. The summed E-state index contributed by atoms with van der Waals surface area (Å²) in [5, 5.41) is 14.5. The molecule has 0 saturated carbocycles. The molecular formula is C15H23N5OS. The van der Waals surface area contributed by atoms with Crippen LogP contribution in [0.1, 0.15) is 36.8 Å². The van der Waals surface area contributed by atoms with Crippen LogP contribution in [0.2, 0.25) is 0 Å². The van der Waals surface area contributed by atoms with Crippen LogP contribution in [0.3, 0.4) is 0 Å². The second-order valence-corrected chi connectivity index (χ2v) is 6.78. The van der Waals surface area contributed by atoms with E-state index in [1.807, 2.05) is 13.1 Å². The predicted molar refractivity (Wildman–Crippen MR) is 86.1 cm³/mol. The van der Waals surface area contributed by atoms with Crippen molar-refractivity contribution in [1.82, 2.24) is 24.9 Å². The third kappa shape index (κ3) is 3.84. The van der Waals surface area contributed by atoms with Crippen LogP contribution in [0.5, 0.6) is 5.19 Å². The van der Waals surface area contributed by atoms with Gasteiger partial charge in [0.15, 0.2) is 0 Å². The molecule has 1 aliphatic heterocycles. The monoisotopic (exact) mass is 321 g/mol. The van der Waals surface area contributed by atoms with Gasteiger partial charge in [-0.1, -0.05) is 17.8 Å². The first-order valence-corrected chi connectivity index (χ1v) is 8.74. The fourth-order valence-electron chi connectivity index (χ4n) is 2.92. The van der Waals surface area contributed by atoms with Crippen molar-refractivity contribution in [2.45, 2.75) is 52.2 Å². The molecule has 3 heterocycles. The number of hydrogen-bond acceptors (Lipinski definition) is 6. The maximum Gasteiger partial charge on any atom is 0.294 e. The zero-order valence-corrected chi connectivity index (χ0v) is 14.1. The molecule has 0 unspecified atom stereocenters. The molecule has 0 bridgehead atoms. The minimum atomic E-state index is 0.521. The molecule has 0 spiro atoms. The van der Waals surface area contributed by atoms with Gasteiger partial charge in [0.1, 0.15) is 5.01 Å². The summed E-state index contributed by atoms with van der Waals surface area (Å²) in [5.41, 5.74) is 1.22. The summed E-state index contributed by atoms with van der Waals surface area (Å²) < 4.78 is 7.47. The van der Waals surface area contributed by atoms with Crippen molar-refractivity contribution in [2.24, 2.45) is 0 Å². The van der Waals surface area contributed by atoms with Crippen molar-refractivity contribution in [1.29, 1.82) is 0 Å². The first-order chi connectivity index (χ1) is 10.7. The van der Waals surface area contributed by atoms with Gasteiger partial charge in [-0.2, -0.15) is 5.10 Å². The van der Waals surface area contributed by atoms with Crippen molar-refractivity contribution in [2.75, 3.05) is 13.2 Å². The standard InChI is InChI=1S/C15H23N5OS/c1-3-21-15-18-17-14(22-15)11-19-7-5-4-6-13(19)10-20-9-12(2)8-16-20/h8-9,13H,3-7,10-11H2,1-2H3/t13-/m0/s1. The zero-order chi connectivity index (χ0) is 15.4. The van der Waals surface area contributed by atoms with E-state index in [-0.39, 0.29) is 0 Å². The van der Waals surface area contributed by atoms with E-state index >= 15 is 0 Å². The second-order valence-electron chi connectivity index (χ2n) is 5.75. The number of nitrogens with zero attached hydrogens (tertiary/aromatic N) is 5. The Morgan fingerprint density at radius 3 is 3.05 bits per heavy atom. The van der Waals surface area contributed by atoms with E-state index in [0.29, 0.717) is 17.8 Å². The van der Waals surface area contributed by atoms with E-state index in [9.17, 15) is 0 Å². The Morgan fingerprint density at radius 1 is 1.36 bits per heavy atom. The lowest BCUT2D eigenvalue weighted by atomic mass is 10.0. The number of hydrogen-bond donors (Lipinski definition) is 0. The summed E-state index contributed by atoms with van der Waals surface area (Å²) in [6, 6.07) is 0.521. The van der Waals surface area contributed by atoms with Gasteiger partial charge in [0.05, 0.1) is 25.9 Å². The van der Waals surface area contributed by atoms with Crippen LogP contribution in [0, 0.1) is 6.92 Å². The molecule has 0 radical (unpaired) electrons. The fraction of sp³-hybridized carbons (Fsp3) is 0.667. The predicted octanol–water partition coefficient (Wildman–Crippen LogP) is 2.50. The van der Waals surface area contributed by atoms with Crippen LogP contribution in [0.25, 0.3) is 0 Å². The summed E-state index contributed by atoms with van der Waals surface area (Å²) in [5.74, 6) is 0. The molecule has 0 amide bonds. The molecule has 2 aromatic heterocycles. The van der Waals surface area contributed by atoms with Crippen LogP contribution in [0.4, 0.5) is 0 Å². The summed E-state index contributed by atoms with van der Waals surface area (Å²) >= 11 is 1.56. The lowest BCUT2D eigenvalue weighted by molar-refractivity contribution is 0.121. The molecule has 1 aliphatic rings. The maximum absolute atomic E-state index is 5.41. The van der Waals surface area contributed by atoms with Crippen LogP contribution >= 0.6 is 11.3 Å². The summed E-state index contributed by atoms with van der Waals surface area (Å²) in [7, 11) is 0. The van der Waals surface area contributed by atoms with Gasteiger partial charge in [-0.15, -0.1) is 10.2 Å². The molecule has 120 valence electrons. The number of aromatic nitrogens is 4. The zero-order valence-electron chi connectivity index (χ0n) is 13.2. The lowest BCUT2D eigenvalue weighted by Gasteiger charge is -2.34. The molecule has 22 heavy (non-hydrogen) atoms. The Balaban J connectivity index is 1.63. The van der Waals surface area contributed by atoms with Crippen molar-refractivity contribution < 1.29 is 4.74 Å². The van der Waals surface area contributed by atoms with Gasteiger partial charge in [-0.3, -0.25) is 9.58 Å². The van der Waals surface area contributed by atoms with Gasteiger partial charge in [0.25, 0.3) is 5.19 Å². The van der Waals surface area contributed by atoms with E-state index in [2.05, 4.69) is 38.0 Å². The Labute approximate surface area is 135 Å². The van der Waals surface area contributed by atoms with Crippen LogP contribution in [-0.2, 0) is 13.1 Å². The van der Waals surface area contributed by atoms with Gasteiger partial charge in [-0.05, 0) is 38.8 Å². The smallest absolute Gasteiger partial charge is 0.294 e. The highest BCUT2D eigenvalue weighted by Gasteiger charge is 2.24. The molecule has 3 rings (SSSR count). The van der Waals surface area contributed by atoms with Crippen LogP contribution in [0.15, 0.2) is 12.4 Å². The Kier molecular flexibility index (Phi) is 5.04. The third-order valence-corrected chi connectivity index (χ3v) is 4.78. The lowest BCUT2D eigenvalue weighted by Crippen LogP contribution is -2.41. The largest absolute Gasteiger partial charge is 0.469 e. The third-order valence-electron chi connectivity index (χ3n) is 3.96. The molecule has 6 nitrogen and oxygen atoms in total. The first-order valence-electron chi connectivity index (χ1n) is 7.93. The topological polar surface area (TPSA) is 56.1 Å². The normalized spacial score (nSPS) is 19.5. The van der Waals surface area contributed by atoms with Crippen molar-refractivity contribution in [3.05, 3.63) is 23.0 Å². The fourth-order valence-corrected chi connectivity index (χ4v) is 3.69. The molecule has 7 heteroatoms. The minimum absolute atomic E-state index is 0.521. The van der Waals surface area contributed by atoms with Crippen LogP contribution < -0.4 is 4.74 Å². The van der Waals surface area contributed by atoms with Gasteiger partial charge in [-0.25, -0.2) is 0 Å². The molecule has 0 N–H and O–H groups in total. The Bertz CT molecular complexity index is 596. The molecule has 2 aromatic rings. The van der Waals surface area contributed by atoms with E-state index in [4.69, 9.17) is 4.74 Å². The Morgan fingerprint density at radius 2 is 2.27 bits per heavy atom. The number of piperidine rings is 1. The molecule has 0 aromatic carbocycles. The van der Waals surface area contributed by atoms with E-state index in [1.54, 1.807) is 11.3 Å². The van der Waals surface area contributed by atoms with Crippen LogP contribution in [-0.4, -0.2) is 44.1 Å². The number of likely N-dealkylation sites (tertiary alicyclic amines) is 1. The van der Waals surface area contributed by atoms with E-state index in [0.717, 1.165) is 24.6 Å². The first kappa shape index (κ1) is 15.4. The Hall–Kier alpha value is -1.47. The summed E-state index contributed by atoms with van der Waals surface area (Å²) in [4.78, 5) is 2.51. The minimum Gasteiger partial charge on any atom is -0.469 e. The van der Waals surface area contributed by atoms with Crippen molar-refractivity contribution in [3.8, 4) is 5.19 Å². The summed E-state index contributed by atoms with van der Waals surface area (Å²) in [6.45, 7) is 7.61.